The number of guanidine groups is 1. The normalized spacial score (nSPS) is 18.0. The van der Waals surface area contributed by atoms with Crippen molar-refractivity contribution in [1.29, 1.82) is 0 Å². The maximum Gasteiger partial charge on any atom is 0.191 e. The number of methoxy groups -OCH3 is 1. The zero-order chi connectivity index (χ0) is 21.2. The molecule has 0 amide bonds. The summed E-state index contributed by atoms with van der Waals surface area (Å²) in [4.78, 5) is 8.39. The van der Waals surface area contributed by atoms with E-state index in [1.165, 1.54) is 24.3 Å². The molecule has 2 N–H and O–H groups in total. The molecule has 2 heterocycles. The Hall–Kier alpha value is -1.52. The van der Waals surface area contributed by atoms with Crippen LogP contribution in [0.15, 0.2) is 46.8 Å². The largest absolute Gasteiger partial charge is 0.497 e. The van der Waals surface area contributed by atoms with E-state index in [0.717, 1.165) is 37.1 Å². The van der Waals surface area contributed by atoms with Crippen LogP contribution < -0.4 is 20.1 Å². The predicted molar refractivity (Wildman–Crippen MR) is 140 cm³/mol. The molecule has 2 unspecified atom stereocenters. The average Bonchev–Trinajstić information content (AvgIpc) is 3.27. The Labute approximate surface area is 207 Å². The van der Waals surface area contributed by atoms with Crippen LogP contribution in [-0.2, 0) is 6.54 Å². The van der Waals surface area contributed by atoms with Gasteiger partial charge in [0.15, 0.2) is 5.96 Å². The molecule has 1 saturated heterocycles. The first-order valence-electron chi connectivity index (χ1n) is 10.7. The molecule has 6 nitrogen and oxygen atoms in total. The highest BCUT2D eigenvalue weighted by atomic mass is 127. The first kappa shape index (κ1) is 25.7. The second kappa shape index (κ2) is 13.8. The minimum absolute atomic E-state index is 0. The summed E-state index contributed by atoms with van der Waals surface area (Å²) in [6, 6.07) is 12.0. The van der Waals surface area contributed by atoms with Crippen molar-refractivity contribution >= 4 is 41.3 Å². The SMILES string of the molecule is CN=C(NCC1CCCN(Cc2cccs2)C1)NCC(C)Oc1cccc(OC)c1.I. The number of likely N-dealkylation sites (tertiary alicyclic amines) is 1. The van der Waals surface area contributed by atoms with Gasteiger partial charge in [0.2, 0.25) is 0 Å². The summed E-state index contributed by atoms with van der Waals surface area (Å²) >= 11 is 1.85. The Morgan fingerprint density at radius 2 is 2.10 bits per heavy atom. The van der Waals surface area contributed by atoms with Crippen molar-refractivity contribution < 1.29 is 9.47 Å². The molecule has 0 aliphatic carbocycles. The second-order valence-corrected chi connectivity index (χ2v) is 8.80. The van der Waals surface area contributed by atoms with Crippen LogP contribution in [0, 0.1) is 5.92 Å². The fourth-order valence-electron chi connectivity index (χ4n) is 3.73. The maximum atomic E-state index is 5.98. The summed E-state index contributed by atoms with van der Waals surface area (Å²) < 4.78 is 11.2. The molecule has 1 aliphatic heterocycles. The lowest BCUT2D eigenvalue weighted by Crippen LogP contribution is -2.46. The van der Waals surface area contributed by atoms with E-state index >= 15 is 0 Å². The molecule has 8 heteroatoms. The number of rotatable bonds is 9. The van der Waals surface area contributed by atoms with E-state index in [9.17, 15) is 0 Å². The van der Waals surface area contributed by atoms with E-state index in [-0.39, 0.29) is 30.1 Å². The van der Waals surface area contributed by atoms with Gasteiger partial charge in [0.25, 0.3) is 0 Å². The first-order chi connectivity index (χ1) is 14.7. The lowest BCUT2D eigenvalue weighted by atomic mass is 9.98. The van der Waals surface area contributed by atoms with Crippen LogP contribution in [-0.4, -0.2) is 57.3 Å². The van der Waals surface area contributed by atoms with Gasteiger partial charge in [0, 0.05) is 37.6 Å². The van der Waals surface area contributed by atoms with Crippen LogP contribution in [0.25, 0.3) is 0 Å². The molecule has 0 saturated carbocycles. The van der Waals surface area contributed by atoms with Gasteiger partial charge in [-0.15, -0.1) is 35.3 Å². The van der Waals surface area contributed by atoms with Gasteiger partial charge in [0.05, 0.1) is 13.7 Å². The lowest BCUT2D eigenvalue weighted by molar-refractivity contribution is 0.169. The van der Waals surface area contributed by atoms with Crippen LogP contribution in [0.4, 0.5) is 0 Å². The number of nitrogens with zero attached hydrogens (tertiary/aromatic N) is 2. The molecule has 31 heavy (non-hydrogen) atoms. The van der Waals surface area contributed by atoms with Gasteiger partial charge in [-0.25, -0.2) is 0 Å². The summed E-state index contributed by atoms with van der Waals surface area (Å²) in [5.74, 6) is 3.07. The molecule has 1 aliphatic rings. The molecule has 172 valence electrons. The van der Waals surface area contributed by atoms with E-state index in [1.54, 1.807) is 7.11 Å². The molecule has 1 aromatic heterocycles. The summed E-state index contributed by atoms with van der Waals surface area (Å²) in [5, 5.41) is 9.03. The van der Waals surface area contributed by atoms with Crippen LogP contribution in [0.2, 0.25) is 0 Å². The third kappa shape index (κ3) is 8.86. The van der Waals surface area contributed by atoms with Crippen molar-refractivity contribution in [3.05, 3.63) is 46.7 Å². The average molecular weight is 559 g/mol. The van der Waals surface area contributed by atoms with Gasteiger partial charge >= 0.3 is 0 Å². The van der Waals surface area contributed by atoms with Gasteiger partial charge in [-0.1, -0.05) is 12.1 Å². The molecule has 3 rings (SSSR count). The Morgan fingerprint density at radius 3 is 2.84 bits per heavy atom. The monoisotopic (exact) mass is 558 g/mol. The van der Waals surface area contributed by atoms with E-state index in [2.05, 4.69) is 38.0 Å². The van der Waals surface area contributed by atoms with Crippen molar-refractivity contribution in [2.45, 2.75) is 32.4 Å². The third-order valence-electron chi connectivity index (χ3n) is 5.28. The van der Waals surface area contributed by atoms with Crippen molar-refractivity contribution in [1.82, 2.24) is 15.5 Å². The van der Waals surface area contributed by atoms with Gasteiger partial charge in [-0.3, -0.25) is 9.89 Å². The summed E-state index contributed by atoms with van der Waals surface area (Å²) in [6.45, 7) is 7.05. The van der Waals surface area contributed by atoms with E-state index in [4.69, 9.17) is 9.47 Å². The fourth-order valence-corrected chi connectivity index (χ4v) is 4.48. The second-order valence-electron chi connectivity index (χ2n) is 7.76. The number of thiophene rings is 1. The molecule has 0 radical (unpaired) electrons. The lowest BCUT2D eigenvalue weighted by Gasteiger charge is -2.32. The van der Waals surface area contributed by atoms with Crippen molar-refractivity contribution in [3.63, 3.8) is 0 Å². The molecule has 2 aromatic rings. The number of nitrogens with one attached hydrogen (secondary N) is 2. The number of hydrogen-bond acceptors (Lipinski definition) is 5. The number of hydrogen-bond donors (Lipinski definition) is 2. The number of piperidine rings is 1. The number of benzene rings is 1. The van der Waals surface area contributed by atoms with Crippen LogP contribution in [0.3, 0.4) is 0 Å². The van der Waals surface area contributed by atoms with E-state index < -0.39 is 0 Å². The molecular formula is C23H35IN4O2S. The third-order valence-corrected chi connectivity index (χ3v) is 6.14. The zero-order valence-corrected chi connectivity index (χ0v) is 21.8. The minimum Gasteiger partial charge on any atom is -0.497 e. The smallest absolute Gasteiger partial charge is 0.191 e. The predicted octanol–water partition coefficient (Wildman–Crippen LogP) is 4.22. The molecule has 1 fully saturated rings. The number of ether oxygens (including phenoxy) is 2. The topological polar surface area (TPSA) is 58.1 Å². The van der Waals surface area contributed by atoms with Crippen molar-refractivity contribution in [2.24, 2.45) is 10.9 Å². The van der Waals surface area contributed by atoms with Gasteiger partial charge in [-0.2, -0.15) is 0 Å². The fraction of sp³-hybridized carbons (Fsp3) is 0.522. The summed E-state index contributed by atoms with van der Waals surface area (Å²) in [6.07, 6.45) is 2.53. The van der Waals surface area contributed by atoms with E-state index in [1.807, 2.05) is 49.6 Å². The van der Waals surface area contributed by atoms with Crippen molar-refractivity contribution in [2.75, 3.05) is 40.3 Å². The van der Waals surface area contributed by atoms with Crippen LogP contribution in [0.5, 0.6) is 11.5 Å². The summed E-state index contributed by atoms with van der Waals surface area (Å²) in [7, 11) is 3.47. The summed E-state index contributed by atoms with van der Waals surface area (Å²) in [5.41, 5.74) is 0. The highest BCUT2D eigenvalue weighted by Gasteiger charge is 2.20. The Morgan fingerprint density at radius 1 is 1.26 bits per heavy atom. The quantitative estimate of drug-likeness (QED) is 0.274. The molecule has 1 aromatic carbocycles. The van der Waals surface area contributed by atoms with Crippen LogP contribution in [0.1, 0.15) is 24.6 Å². The van der Waals surface area contributed by atoms with E-state index in [0.29, 0.717) is 12.5 Å². The minimum atomic E-state index is 0. The molecule has 0 spiro atoms. The Balaban J connectivity index is 0.00000341. The Kier molecular flexibility index (Phi) is 11.5. The zero-order valence-electron chi connectivity index (χ0n) is 18.7. The number of aliphatic imine (C=N–C) groups is 1. The maximum absolute atomic E-state index is 5.98. The van der Waals surface area contributed by atoms with Crippen molar-refractivity contribution in [3.8, 4) is 11.5 Å². The van der Waals surface area contributed by atoms with Gasteiger partial charge in [0.1, 0.15) is 17.6 Å². The Bertz CT molecular complexity index is 788. The standard InChI is InChI=1S/C23H34N4O2S.HI/c1-18(29-21-9-4-8-20(13-21)28-3)14-25-23(24-2)26-15-19-7-5-11-27(16-19)17-22-10-6-12-30-22;/h4,6,8-10,12-13,18-19H,5,7,11,14-17H2,1-3H3,(H2,24,25,26);1H. The molecule has 2 atom stereocenters. The van der Waals surface area contributed by atoms with Crippen LogP contribution >= 0.6 is 35.3 Å². The highest BCUT2D eigenvalue weighted by Crippen LogP contribution is 2.21. The molecule has 0 bridgehead atoms. The first-order valence-corrected chi connectivity index (χ1v) is 11.5. The molecular weight excluding hydrogens is 523 g/mol. The highest BCUT2D eigenvalue weighted by molar-refractivity contribution is 14.0. The van der Waals surface area contributed by atoms with Gasteiger partial charge < -0.3 is 20.1 Å². The number of halogens is 1. The van der Waals surface area contributed by atoms with Gasteiger partial charge in [-0.05, 0) is 55.8 Å².